The first-order valence-corrected chi connectivity index (χ1v) is 5.82. The number of hydrogen-bond acceptors (Lipinski definition) is 3. The molecule has 0 spiro atoms. The lowest BCUT2D eigenvalue weighted by Gasteiger charge is -2.02. The van der Waals surface area contributed by atoms with Gasteiger partial charge in [0.2, 0.25) is 0 Å². The molecule has 3 nitrogen and oxygen atoms in total. The van der Waals surface area contributed by atoms with Crippen LogP contribution < -0.4 is 0 Å². The predicted molar refractivity (Wildman–Crippen MR) is 48.9 cm³/mol. The second-order valence-electron chi connectivity index (χ2n) is 2.65. The zero-order valence-corrected chi connectivity index (χ0v) is 8.66. The van der Waals surface area contributed by atoms with Crippen molar-refractivity contribution in [3.8, 4) is 6.07 Å². The number of nitrogens with zero attached hydrogens (tertiary/aromatic N) is 1. The van der Waals surface area contributed by atoms with Gasteiger partial charge in [0.1, 0.15) is 10.7 Å². The summed E-state index contributed by atoms with van der Waals surface area (Å²) in [7, 11) is 0.845. The molecule has 0 bridgehead atoms. The van der Waals surface area contributed by atoms with Crippen LogP contribution in [-0.2, 0) is 9.05 Å². The van der Waals surface area contributed by atoms with Gasteiger partial charge in [-0.1, -0.05) is 0 Å². The molecule has 0 atom stereocenters. The van der Waals surface area contributed by atoms with Gasteiger partial charge in [-0.25, -0.2) is 12.8 Å². The molecule has 0 aliphatic carbocycles. The molecule has 0 fully saturated rings. The van der Waals surface area contributed by atoms with E-state index in [1.807, 2.05) is 0 Å². The normalized spacial score (nSPS) is 11.0. The smallest absolute Gasteiger partial charge is 0.207 e. The van der Waals surface area contributed by atoms with Crippen molar-refractivity contribution in [2.24, 2.45) is 0 Å². The Kier molecular flexibility index (Phi) is 2.79. The maximum atomic E-state index is 13.2. The first-order valence-electron chi connectivity index (χ1n) is 3.51. The number of halogens is 2. The molecule has 0 heterocycles. The van der Waals surface area contributed by atoms with Crippen LogP contribution in [0.5, 0.6) is 0 Å². The van der Waals surface area contributed by atoms with Crippen LogP contribution in [0.15, 0.2) is 17.0 Å². The molecule has 14 heavy (non-hydrogen) atoms. The molecule has 0 N–H and O–H groups in total. The third-order valence-corrected chi connectivity index (χ3v) is 2.93. The van der Waals surface area contributed by atoms with Crippen molar-refractivity contribution in [3.05, 3.63) is 29.1 Å². The Morgan fingerprint density at radius 1 is 1.50 bits per heavy atom. The maximum Gasteiger partial charge on any atom is 0.264 e. The highest BCUT2D eigenvalue weighted by Gasteiger charge is 2.18. The first kappa shape index (κ1) is 11.0. The highest BCUT2D eigenvalue weighted by atomic mass is 35.7. The number of benzene rings is 1. The molecule has 1 rings (SSSR count). The van der Waals surface area contributed by atoms with Crippen molar-refractivity contribution in [1.29, 1.82) is 5.26 Å². The zero-order chi connectivity index (χ0) is 10.9. The van der Waals surface area contributed by atoms with E-state index in [-0.39, 0.29) is 11.1 Å². The second-order valence-corrected chi connectivity index (χ2v) is 5.19. The van der Waals surface area contributed by atoms with E-state index in [1.165, 1.54) is 13.0 Å². The van der Waals surface area contributed by atoms with Crippen molar-refractivity contribution >= 4 is 19.7 Å². The van der Waals surface area contributed by atoms with Crippen LogP contribution in [0.3, 0.4) is 0 Å². The summed E-state index contributed by atoms with van der Waals surface area (Å²) >= 11 is 0. The van der Waals surface area contributed by atoms with Crippen molar-refractivity contribution in [2.45, 2.75) is 11.8 Å². The summed E-state index contributed by atoms with van der Waals surface area (Å²) in [6.45, 7) is 1.36. The summed E-state index contributed by atoms with van der Waals surface area (Å²) in [6, 6.07) is 3.88. The molecule has 0 saturated carbocycles. The highest BCUT2D eigenvalue weighted by Crippen LogP contribution is 2.22. The Balaban J connectivity index is 3.61. The summed E-state index contributed by atoms with van der Waals surface area (Å²) in [5.41, 5.74) is 0.131. The van der Waals surface area contributed by atoms with E-state index in [9.17, 15) is 12.8 Å². The first-order chi connectivity index (χ1) is 6.36. The van der Waals surface area contributed by atoms with Gasteiger partial charge >= 0.3 is 0 Å². The summed E-state index contributed by atoms with van der Waals surface area (Å²) in [5.74, 6) is -0.918. The van der Waals surface area contributed by atoms with E-state index in [4.69, 9.17) is 15.9 Å². The molecule has 1 aromatic carbocycles. The summed E-state index contributed by atoms with van der Waals surface area (Å²) in [6.07, 6.45) is 0. The van der Waals surface area contributed by atoms with E-state index in [1.54, 1.807) is 6.07 Å². The van der Waals surface area contributed by atoms with Crippen LogP contribution in [0.1, 0.15) is 11.1 Å². The standard InChI is InChI=1S/C8H5ClFNO2S/c1-5-2-6(4-11)3-7(8(5)10)14(9,12)13/h2-3H,1H3. The van der Waals surface area contributed by atoms with Gasteiger partial charge in [-0.3, -0.25) is 0 Å². The minimum Gasteiger partial charge on any atom is -0.207 e. The number of nitriles is 1. The van der Waals surface area contributed by atoms with Gasteiger partial charge in [0.15, 0.2) is 0 Å². The molecule has 0 radical (unpaired) electrons. The fraction of sp³-hybridized carbons (Fsp3) is 0.125. The quantitative estimate of drug-likeness (QED) is 0.697. The minimum atomic E-state index is -4.14. The molecule has 0 aliphatic rings. The lowest BCUT2D eigenvalue weighted by molar-refractivity contribution is 0.569. The number of hydrogen-bond donors (Lipinski definition) is 0. The maximum absolute atomic E-state index is 13.2. The minimum absolute atomic E-state index is 0.0584. The average Bonchev–Trinajstić information content (AvgIpc) is 2.07. The molecule has 0 unspecified atom stereocenters. The third kappa shape index (κ3) is 2.03. The molecule has 74 valence electrons. The molecule has 0 aromatic heterocycles. The van der Waals surface area contributed by atoms with Gasteiger partial charge in [0.05, 0.1) is 11.6 Å². The van der Waals surface area contributed by atoms with Crippen LogP contribution >= 0.6 is 10.7 Å². The molecule has 0 amide bonds. The number of rotatable bonds is 1. The monoisotopic (exact) mass is 233 g/mol. The van der Waals surface area contributed by atoms with Crippen LogP contribution in [0.4, 0.5) is 4.39 Å². The fourth-order valence-corrected chi connectivity index (χ4v) is 1.96. The van der Waals surface area contributed by atoms with Gasteiger partial charge in [-0.2, -0.15) is 5.26 Å². The van der Waals surface area contributed by atoms with E-state index in [2.05, 4.69) is 0 Å². The Bertz CT molecular complexity index is 519. The van der Waals surface area contributed by atoms with E-state index >= 15 is 0 Å². The van der Waals surface area contributed by atoms with Crippen LogP contribution in [-0.4, -0.2) is 8.42 Å². The lowest BCUT2D eigenvalue weighted by Crippen LogP contribution is -1.99. The van der Waals surface area contributed by atoms with Gasteiger partial charge in [-0.15, -0.1) is 0 Å². The Hall–Kier alpha value is -1.12. The summed E-state index contributed by atoms with van der Waals surface area (Å²) < 4.78 is 35.0. The zero-order valence-electron chi connectivity index (χ0n) is 7.08. The van der Waals surface area contributed by atoms with Crippen molar-refractivity contribution in [1.82, 2.24) is 0 Å². The predicted octanol–water partition coefficient (Wildman–Crippen LogP) is 1.93. The van der Waals surface area contributed by atoms with Crippen molar-refractivity contribution in [3.63, 3.8) is 0 Å². The SMILES string of the molecule is Cc1cc(C#N)cc(S(=O)(=O)Cl)c1F. The third-order valence-electron chi connectivity index (χ3n) is 1.61. The van der Waals surface area contributed by atoms with Crippen LogP contribution in [0, 0.1) is 24.1 Å². The van der Waals surface area contributed by atoms with Crippen molar-refractivity contribution in [2.75, 3.05) is 0 Å². The second kappa shape index (κ2) is 3.56. The summed E-state index contributed by atoms with van der Waals surface area (Å²) in [4.78, 5) is -0.657. The molecule has 1 aromatic rings. The highest BCUT2D eigenvalue weighted by molar-refractivity contribution is 8.13. The Labute approximate surface area is 85.2 Å². The lowest BCUT2D eigenvalue weighted by atomic mass is 10.1. The topological polar surface area (TPSA) is 57.9 Å². The average molecular weight is 234 g/mol. The molecular weight excluding hydrogens is 229 g/mol. The van der Waals surface area contributed by atoms with E-state index in [0.29, 0.717) is 0 Å². The molecule has 0 aliphatic heterocycles. The molecule has 6 heteroatoms. The van der Waals surface area contributed by atoms with Crippen molar-refractivity contribution < 1.29 is 12.8 Å². The van der Waals surface area contributed by atoms with Gasteiger partial charge in [0.25, 0.3) is 9.05 Å². The van der Waals surface area contributed by atoms with Crippen LogP contribution in [0.25, 0.3) is 0 Å². The Morgan fingerprint density at radius 3 is 2.50 bits per heavy atom. The van der Waals surface area contributed by atoms with E-state index in [0.717, 1.165) is 6.07 Å². The van der Waals surface area contributed by atoms with Crippen LogP contribution in [0.2, 0.25) is 0 Å². The van der Waals surface area contributed by atoms with Gasteiger partial charge < -0.3 is 0 Å². The molecule has 0 saturated heterocycles. The van der Waals surface area contributed by atoms with Gasteiger partial charge in [-0.05, 0) is 24.6 Å². The van der Waals surface area contributed by atoms with Gasteiger partial charge in [0, 0.05) is 10.7 Å². The molecular formula is C8H5ClFNO2S. The summed E-state index contributed by atoms with van der Waals surface area (Å²) in [5, 5.41) is 8.53. The number of aryl methyl sites for hydroxylation is 1. The Morgan fingerprint density at radius 2 is 2.07 bits per heavy atom. The van der Waals surface area contributed by atoms with E-state index < -0.39 is 19.8 Å². The largest absolute Gasteiger partial charge is 0.264 e. The fourth-order valence-electron chi connectivity index (χ4n) is 0.979.